The summed E-state index contributed by atoms with van der Waals surface area (Å²) in [5, 5.41) is 11.9. The highest BCUT2D eigenvalue weighted by Crippen LogP contribution is 2.20. The molecule has 2 unspecified atom stereocenters. The van der Waals surface area contributed by atoms with Crippen molar-refractivity contribution >= 4 is 17.9 Å². The lowest BCUT2D eigenvalue weighted by Gasteiger charge is -2.26. The smallest absolute Gasteiger partial charge is 0.306 e. The zero-order chi connectivity index (χ0) is 69.0. The molecule has 0 N–H and O–H groups in total. The highest BCUT2D eigenvalue weighted by Gasteiger charge is 2.22. The molecule has 560 valence electrons. The molecule has 0 amide bonds. The third-order valence-electron chi connectivity index (χ3n) is 19.4. The minimum absolute atomic E-state index is 0.152. The van der Waals surface area contributed by atoms with Gasteiger partial charge in [0, 0.05) is 12.8 Å². The van der Waals surface area contributed by atoms with Crippen molar-refractivity contribution in [2.75, 3.05) is 47.5 Å². The van der Waals surface area contributed by atoms with E-state index >= 15 is 0 Å². The summed E-state index contributed by atoms with van der Waals surface area (Å²) in [7, 11) is 5.96. The molecule has 0 aliphatic rings. The number of carboxylic acids is 1. The van der Waals surface area contributed by atoms with Gasteiger partial charge in [-0.1, -0.05) is 391 Å². The highest BCUT2D eigenvalue weighted by molar-refractivity contribution is 5.70. The second kappa shape index (κ2) is 77.3. The van der Waals surface area contributed by atoms with Crippen LogP contribution in [0, 0.1) is 0 Å². The Hall–Kier alpha value is -2.49. The van der Waals surface area contributed by atoms with Gasteiger partial charge in [-0.15, -0.1) is 0 Å². The Morgan fingerprint density at radius 2 is 0.568 bits per heavy atom. The molecule has 0 heterocycles. The second-order valence-corrected chi connectivity index (χ2v) is 30.1. The lowest BCUT2D eigenvalue weighted by molar-refractivity contribution is -0.870. The van der Waals surface area contributed by atoms with Crippen molar-refractivity contribution in [1.29, 1.82) is 0 Å². The number of unbranched alkanes of at least 4 members (excludes halogenated alkanes) is 59. The van der Waals surface area contributed by atoms with E-state index in [0.29, 0.717) is 17.4 Å². The molecule has 0 radical (unpaired) electrons. The fourth-order valence-electron chi connectivity index (χ4n) is 12.9. The molecule has 0 rings (SSSR count). The fourth-order valence-corrected chi connectivity index (χ4v) is 12.9. The topological polar surface area (TPSA) is 111 Å². The van der Waals surface area contributed by atoms with E-state index in [1.54, 1.807) is 0 Å². The maximum absolute atomic E-state index is 13.0. The first-order valence-corrected chi connectivity index (χ1v) is 42.1. The lowest BCUT2D eigenvalue weighted by Crippen LogP contribution is -2.44. The molecule has 0 aromatic carbocycles. The molecule has 95 heavy (non-hydrogen) atoms. The Morgan fingerprint density at radius 1 is 0.316 bits per heavy atom. The van der Waals surface area contributed by atoms with Crippen LogP contribution in [0.4, 0.5) is 0 Å². The first kappa shape index (κ1) is 92.5. The number of allylic oxidation sites excluding steroid dienone is 6. The van der Waals surface area contributed by atoms with E-state index in [2.05, 4.69) is 50.3 Å². The Labute approximate surface area is 591 Å². The predicted molar refractivity (Wildman–Crippen MR) is 408 cm³/mol. The average Bonchev–Trinajstić information content (AvgIpc) is 3.75. The highest BCUT2D eigenvalue weighted by atomic mass is 16.7. The summed E-state index contributed by atoms with van der Waals surface area (Å²) in [6.45, 7) is 4.82. The predicted octanol–water partition coefficient (Wildman–Crippen LogP) is 25.7. The maximum atomic E-state index is 13.0. The Bertz CT molecular complexity index is 1650. The number of quaternary nitrogens is 1. The van der Waals surface area contributed by atoms with Gasteiger partial charge >= 0.3 is 11.9 Å². The average molecular weight is 1340 g/mol. The van der Waals surface area contributed by atoms with Crippen molar-refractivity contribution in [3.05, 3.63) is 36.5 Å². The summed E-state index contributed by atoms with van der Waals surface area (Å²) < 4.78 is 22.9. The van der Waals surface area contributed by atoms with Crippen LogP contribution in [0.3, 0.4) is 0 Å². The lowest BCUT2D eigenvalue weighted by atomic mass is 10.0. The Kier molecular flexibility index (Phi) is 75.2. The third kappa shape index (κ3) is 78.7. The van der Waals surface area contributed by atoms with E-state index in [1.807, 2.05) is 21.1 Å². The molecule has 9 nitrogen and oxygen atoms in total. The number of nitrogens with zero attached hydrogens (tertiary/aromatic N) is 1. The van der Waals surface area contributed by atoms with Crippen LogP contribution in [0.2, 0.25) is 0 Å². The number of aliphatic carboxylic acids is 1. The summed E-state index contributed by atoms with van der Waals surface area (Å²) in [6.07, 6.45) is 97.2. The molecule has 0 saturated heterocycles. The molecular formula is C86H163NO8. The second-order valence-electron chi connectivity index (χ2n) is 30.1. The molecule has 0 aromatic rings. The van der Waals surface area contributed by atoms with Crippen LogP contribution >= 0.6 is 0 Å². The van der Waals surface area contributed by atoms with Crippen LogP contribution in [-0.2, 0) is 33.3 Å². The number of esters is 2. The standard InChI is InChI=1S/C86H163NO8/c1-6-8-10-12-14-16-18-20-22-24-26-28-30-32-34-36-38-40-41-42-43-45-47-49-51-53-55-57-59-61-63-65-67-69-71-73-75-77-84(89)95-82(81-94-86(85(90)91)92-79-78-87(3,4)5)80-93-83(88)76-74-72-70-68-66-64-62-60-58-56-54-52-50-48-46-44-39-37-35-33-31-29-27-25-23-21-19-17-15-13-11-9-7-2/h18,20,24-27,82,86H,6-17,19,21-23,28-81H2,1-5H3/b20-18-,26-24-,27-25-. The molecule has 0 saturated carbocycles. The zero-order valence-electron chi connectivity index (χ0n) is 64.3. The van der Waals surface area contributed by atoms with Crippen LogP contribution in [-0.4, -0.2) is 82.3 Å². The van der Waals surface area contributed by atoms with Gasteiger partial charge in [0.05, 0.1) is 40.3 Å². The van der Waals surface area contributed by atoms with Crippen LogP contribution in [0.1, 0.15) is 438 Å². The van der Waals surface area contributed by atoms with Gasteiger partial charge < -0.3 is 33.3 Å². The van der Waals surface area contributed by atoms with Gasteiger partial charge in [0.1, 0.15) is 13.2 Å². The summed E-state index contributed by atoms with van der Waals surface area (Å²) in [5.74, 6) is -2.25. The molecule has 0 aliphatic carbocycles. The van der Waals surface area contributed by atoms with E-state index in [1.165, 1.54) is 366 Å². The van der Waals surface area contributed by atoms with Crippen molar-refractivity contribution in [2.24, 2.45) is 0 Å². The van der Waals surface area contributed by atoms with E-state index in [-0.39, 0.29) is 32.2 Å². The van der Waals surface area contributed by atoms with Gasteiger partial charge in [-0.3, -0.25) is 9.59 Å². The van der Waals surface area contributed by atoms with Crippen molar-refractivity contribution in [3.63, 3.8) is 0 Å². The molecule has 2 atom stereocenters. The summed E-state index contributed by atoms with van der Waals surface area (Å²) in [4.78, 5) is 37.6. The number of carbonyl (C=O) groups is 3. The van der Waals surface area contributed by atoms with Gasteiger partial charge in [0.25, 0.3) is 0 Å². The minimum atomic E-state index is -1.62. The first-order valence-electron chi connectivity index (χ1n) is 42.1. The van der Waals surface area contributed by atoms with E-state index in [0.717, 1.165) is 44.9 Å². The quantitative estimate of drug-likeness (QED) is 0.0195. The van der Waals surface area contributed by atoms with E-state index < -0.39 is 24.3 Å². The number of rotatable bonds is 80. The van der Waals surface area contributed by atoms with Gasteiger partial charge in [-0.25, -0.2) is 0 Å². The maximum Gasteiger partial charge on any atom is 0.306 e. The van der Waals surface area contributed by atoms with Crippen LogP contribution in [0.15, 0.2) is 36.5 Å². The summed E-state index contributed by atoms with van der Waals surface area (Å²) >= 11 is 0. The van der Waals surface area contributed by atoms with Gasteiger partial charge in [-0.2, -0.15) is 0 Å². The molecule has 0 aromatic heterocycles. The summed E-state index contributed by atoms with van der Waals surface area (Å²) in [5.41, 5.74) is 0. The number of hydrogen-bond acceptors (Lipinski definition) is 8. The Morgan fingerprint density at radius 3 is 0.842 bits per heavy atom. The molecule has 0 bridgehead atoms. The third-order valence-corrected chi connectivity index (χ3v) is 19.4. The summed E-state index contributed by atoms with van der Waals surface area (Å²) in [6, 6.07) is 0. The number of carboxylic acid groups (broad SMARTS) is 1. The number of hydrogen-bond donors (Lipinski definition) is 0. The monoisotopic (exact) mass is 1340 g/mol. The molecule has 0 aliphatic heterocycles. The van der Waals surface area contributed by atoms with Crippen LogP contribution < -0.4 is 5.11 Å². The molecular weight excluding hydrogens is 1170 g/mol. The Balaban J connectivity index is 3.94. The van der Waals surface area contributed by atoms with Crippen molar-refractivity contribution < 1.29 is 42.9 Å². The number of carbonyl (C=O) groups excluding carboxylic acids is 3. The van der Waals surface area contributed by atoms with E-state index in [9.17, 15) is 19.5 Å². The normalized spacial score (nSPS) is 12.7. The molecule has 0 fully saturated rings. The minimum Gasteiger partial charge on any atom is -0.545 e. The van der Waals surface area contributed by atoms with Crippen molar-refractivity contribution in [3.8, 4) is 0 Å². The number of likely N-dealkylation sites (N-methyl/N-ethyl adjacent to an activating group) is 1. The SMILES string of the molecule is CCCCCCC/C=C\C/C=C\CCCCCCCCCCCCCCCCCCCCCCCCCCCC(=O)OC(COC(=O)CCCCCCCCCCCCCCCCCCCCCCC/C=C\CCCCCCCCCC)COC(OCC[N+](C)(C)C)C(=O)[O-]. The van der Waals surface area contributed by atoms with Gasteiger partial charge in [0.15, 0.2) is 12.4 Å². The largest absolute Gasteiger partial charge is 0.545 e. The van der Waals surface area contributed by atoms with Gasteiger partial charge in [0.2, 0.25) is 0 Å². The number of ether oxygens (including phenoxy) is 4. The van der Waals surface area contributed by atoms with Gasteiger partial charge in [-0.05, 0) is 70.6 Å². The fraction of sp³-hybridized carbons (Fsp3) is 0.895. The van der Waals surface area contributed by atoms with Crippen molar-refractivity contribution in [1.82, 2.24) is 0 Å². The zero-order valence-corrected chi connectivity index (χ0v) is 64.3. The first-order chi connectivity index (χ1) is 46.6. The molecule has 0 spiro atoms. The van der Waals surface area contributed by atoms with Crippen LogP contribution in [0.5, 0.6) is 0 Å². The van der Waals surface area contributed by atoms with Crippen molar-refractivity contribution in [2.45, 2.75) is 450 Å². The molecule has 9 heteroatoms. The van der Waals surface area contributed by atoms with Crippen LogP contribution in [0.25, 0.3) is 0 Å². The van der Waals surface area contributed by atoms with E-state index in [4.69, 9.17) is 18.9 Å².